The van der Waals surface area contributed by atoms with Gasteiger partial charge in [-0.3, -0.25) is 9.59 Å². The number of anilines is 1. The number of benzene rings is 2. The number of rotatable bonds is 4. The first-order chi connectivity index (χ1) is 13.4. The molecule has 0 spiro atoms. The number of aromatic nitrogens is 2. The van der Waals surface area contributed by atoms with E-state index in [-0.39, 0.29) is 16.9 Å². The fourth-order valence-corrected chi connectivity index (χ4v) is 2.70. The van der Waals surface area contributed by atoms with Gasteiger partial charge in [0.1, 0.15) is 0 Å². The van der Waals surface area contributed by atoms with Gasteiger partial charge in [0, 0.05) is 10.5 Å². The number of carbonyl (C=O) groups excluding carboxylic acids is 2. The van der Waals surface area contributed by atoms with Crippen LogP contribution in [-0.4, -0.2) is 33.9 Å². The molecule has 3 rings (SSSR count). The van der Waals surface area contributed by atoms with Crippen molar-refractivity contribution in [2.75, 3.05) is 12.4 Å². The summed E-state index contributed by atoms with van der Waals surface area (Å²) in [6.07, 6.45) is 0. The van der Waals surface area contributed by atoms with E-state index in [4.69, 9.17) is 0 Å². The molecular weight excluding hydrogens is 430 g/mol. The molecule has 1 heterocycles. The molecule has 0 saturated heterocycles. The fourth-order valence-electron chi connectivity index (χ4n) is 2.44. The van der Waals surface area contributed by atoms with Crippen molar-refractivity contribution in [2.24, 2.45) is 0 Å². The number of esters is 1. The molecule has 0 aliphatic carbocycles. The van der Waals surface area contributed by atoms with Gasteiger partial charge < -0.3 is 15.2 Å². The molecular formula is C19H14BrN3O5. The molecule has 0 aliphatic rings. The molecule has 0 saturated carbocycles. The quantitative estimate of drug-likeness (QED) is 0.599. The van der Waals surface area contributed by atoms with Crippen molar-refractivity contribution < 1.29 is 19.4 Å². The van der Waals surface area contributed by atoms with Crippen LogP contribution in [0.5, 0.6) is 5.75 Å². The number of aromatic hydroxyl groups is 1. The summed E-state index contributed by atoms with van der Waals surface area (Å²) in [7, 11) is 1.22. The Kier molecular flexibility index (Phi) is 5.55. The Hall–Kier alpha value is -3.46. The molecule has 0 atom stereocenters. The third-order valence-corrected chi connectivity index (χ3v) is 4.31. The lowest BCUT2D eigenvalue weighted by Crippen LogP contribution is -2.25. The molecule has 1 amide bonds. The number of nitrogens with one attached hydrogen (secondary N) is 1. The molecule has 0 unspecified atom stereocenters. The molecule has 142 valence electrons. The van der Waals surface area contributed by atoms with Crippen LogP contribution >= 0.6 is 15.9 Å². The number of nitrogens with zero attached hydrogens (tertiary/aromatic N) is 2. The Balaban J connectivity index is 1.99. The van der Waals surface area contributed by atoms with Crippen LogP contribution in [0.15, 0.2) is 63.9 Å². The lowest BCUT2D eigenvalue weighted by molar-refractivity contribution is 0.0602. The molecule has 0 radical (unpaired) electrons. The standard InChI is InChI=1S/C19H14BrN3O5/c1-28-19(27)13-4-2-3-5-14(13)21-18(26)17-15(24)10-16(25)23(22-17)12-8-6-11(20)7-9-12/h2-10,24H,1H3,(H,21,26). The molecule has 1 aromatic heterocycles. The first-order valence-corrected chi connectivity index (χ1v) is 8.78. The van der Waals surface area contributed by atoms with Crippen molar-refractivity contribution in [2.45, 2.75) is 0 Å². The third-order valence-electron chi connectivity index (χ3n) is 3.78. The predicted molar refractivity (Wildman–Crippen MR) is 105 cm³/mol. The van der Waals surface area contributed by atoms with Gasteiger partial charge in [0.25, 0.3) is 11.5 Å². The minimum Gasteiger partial charge on any atom is -0.505 e. The van der Waals surface area contributed by atoms with E-state index < -0.39 is 23.2 Å². The highest BCUT2D eigenvalue weighted by atomic mass is 79.9. The zero-order valence-electron chi connectivity index (χ0n) is 14.5. The van der Waals surface area contributed by atoms with Gasteiger partial charge >= 0.3 is 5.97 Å². The normalized spacial score (nSPS) is 10.4. The number of ether oxygens (including phenoxy) is 1. The average Bonchev–Trinajstić information content (AvgIpc) is 2.68. The highest BCUT2D eigenvalue weighted by Crippen LogP contribution is 2.20. The maximum atomic E-state index is 12.6. The first kappa shape index (κ1) is 19.3. The van der Waals surface area contributed by atoms with E-state index in [1.165, 1.54) is 19.2 Å². The molecule has 0 aliphatic heterocycles. The highest BCUT2D eigenvalue weighted by molar-refractivity contribution is 9.10. The van der Waals surface area contributed by atoms with Crippen LogP contribution in [0.3, 0.4) is 0 Å². The van der Waals surface area contributed by atoms with E-state index in [9.17, 15) is 19.5 Å². The topological polar surface area (TPSA) is 111 Å². The third kappa shape index (κ3) is 3.94. The molecule has 3 aromatic rings. The second kappa shape index (κ2) is 8.05. The summed E-state index contributed by atoms with van der Waals surface area (Å²) in [6.45, 7) is 0. The number of hydrogen-bond acceptors (Lipinski definition) is 6. The van der Waals surface area contributed by atoms with Crippen molar-refractivity contribution in [3.05, 3.63) is 80.7 Å². The van der Waals surface area contributed by atoms with Crippen LogP contribution in [0.25, 0.3) is 5.69 Å². The van der Waals surface area contributed by atoms with Crippen LogP contribution in [0, 0.1) is 0 Å². The minimum absolute atomic E-state index is 0.138. The van der Waals surface area contributed by atoms with Gasteiger partial charge in [-0.15, -0.1) is 0 Å². The Morgan fingerprint density at radius 2 is 1.82 bits per heavy atom. The Bertz CT molecular complexity index is 1110. The second-order valence-electron chi connectivity index (χ2n) is 5.60. The Labute approximate surface area is 167 Å². The number of carbonyl (C=O) groups is 2. The number of amides is 1. The van der Waals surface area contributed by atoms with Gasteiger partial charge in [-0.2, -0.15) is 9.78 Å². The summed E-state index contributed by atoms with van der Waals surface area (Å²) >= 11 is 3.30. The van der Waals surface area contributed by atoms with E-state index in [0.717, 1.165) is 15.2 Å². The molecule has 0 fully saturated rings. The van der Waals surface area contributed by atoms with Crippen molar-refractivity contribution in [3.63, 3.8) is 0 Å². The van der Waals surface area contributed by atoms with Crippen molar-refractivity contribution >= 4 is 33.5 Å². The monoisotopic (exact) mass is 443 g/mol. The van der Waals surface area contributed by atoms with Crippen LogP contribution in [-0.2, 0) is 4.74 Å². The van der Waals surface area contributed by atoms with Crippen LogP contribution < -0.4 is 10.9 Å². The molecule has 2 N–H and O–H groups in total. The summed E-state index contributed by atoms with van der Waals surface area (Å²) in [6, 6.07) is 13.8. The van der Waals surface area contributed by atoms with Crippen LogP contribution in [0.4, 0.5) is 5.69 Å². The molecule has 28 heavy (non-hydrogen) atoms. The molecule has 2 aromatic carbocycles. The predicted octanol–water partition coefficient (Wildman–Crippen LogP) is 2.74. The first-order valence-electron chi connectivity index (χ1n) is 7.98. The van der Waals surface area contributed by atoms with E-state index in [0.29, 0.717) is 5.69 Å². The maximum absolute atomic E-state index is 12.6. The van der Waals surface area contributed by atoms with Gasteiger partial charge in [-0.1, -0.05) is 28.1 Å². The zero-order chi connectivity index (χ0) is 20.3. The van der Waals surface area contributed by atoms with Gasteiger partial charge in [-0.05, 0) is 36.4 Å². The van der Waals surface area contributed by atoms with Gasteiger partial charge in [0.05, 0.1) is 24.0 Å². The van der Waals surface area contributed by atoms with Crippen molar-refractivity contribution in [1.29, 1.82) is 0 Å². The number of hydrogen-bond donors (Lipinski definition) is 2. The summed E-state index contributed by atoms with van der Waals surface area (Å²) in [4.78, 5) is 36.7. The van der Waals surface area contributed by atoms with Crippen molar-refractivity contribution in [3.8, 4) is 11.4 Å². The zero-order valence-corrected chi connectivity index (χ0v) is 16.1. The summed E-state index contributed by atoms with van der Waals surface area (Å²) in [5.41, 5.74) is -0.244. The van der Waals surface area contributed by atoms with Gasteiger partial charge in [0.2, 0.25) is 0 Å². The van der Waals surface area contributed by atoms with E-state index in [1.807, 2.05) is 0 Å². The summed E-state index contributed by atoms with van der Waals surface area (Å²) in [5.74, 6) is -2.00. The molecule has 9 heteroatoms. The SMILES string of the molecule is COC(=O)c1ccccc1NC(=O)c1nn(-c2ccc(Br)cc2)c(=O)cc1O. The van der Waals surface area contributed by atoms with Crippen molar-refractivity contribution in [1.82, 2.24) is 9.78 Å². The Morgan fingerprint density at radius 3 is 2.50 bits per heavy atom. The summed E-state index contributed by atoms with van der Waals surface area (Å²) < 4.78 is 6.49. The highest BCUT2D eigenvalue weighted by Gasteiger charge is 2.20. The fraction of sp³-hybridized carbons (Fsp3) is 0.0526. The average molecular weight is 444 g/mol. The van der Waals surface area contributed by atoms with Gasteiger partial charge in [-0.25, -0.2) is 4.79 Å². The lowest BCUT2D eigenvalue weighted by Gasteiger charge is -2.11. The van der Waals surface area contributed by atoms with Crippen LogP contribution in [0.1, 0.15) is 20.8 Å². The maximum Gasteiger partial charge on any atom is 0.339 e. The number of methoxy groups -OCH3 is 1. The molecule has 8 nitrogen and oxygen atoms in total. The summed E-state index contributed by atoms with van der Waals surface area (Å²) in [5, 5.41) is 16.5. The van der Waals surface area contributed by atoms with E-state index >= 15 is 0 Å². The smallest absolute Gasteiger partial charge is 0.339 e. The van der Waals surface area contributed by atoms with Crippen LogP contribution in [0.2, 0.25) is 0 Å². The van der Waals surface area contributed by atoms with E-state index in [2.05, 4.69) is 31.1 Å². The lowest BCUT2D eigenvalue weighted by atomic mass is 10.1. The van der Waals surface area contributed by atoms with E-state index in [1.54, 1.807) is 36.4 Å². The Morgan fingerprint density at radius 1 is 1.14 bits per heavy atom. The second-order valence-corrected chi connectivity index (χ2v) is 6.51. The number of para-hydroxylation sites is 1. The molecule has 0 bridgehead atoms. The minimum atomic E-state index is -0.792. The van der Waals surface area contributed by atoms with Gasteiger partial charge in [0.15, 0.2) is 11.4 Å². The largest absolute Gasteiger partial charge is 0.505 e. The number of halogens is 1.